The van der Waals surface area contributed by atoms with Crippen LogP contribution >= 0.6 is 0 Å². The number of ether oxygens (including phenoxy) is 1. The molecule has 1 aromatic rings. The molecule has 0 amide bonds. The van der Waals surface area contributed by atoms with E-state index in [1.807, 2.05) is 24.3 Å². The minimum Gasteiger partial charge on any atom is -0.493 e. The van der Waals surface area contributed by atoms with Crippen LogP contribution in [0.2, 0.25) is 0 Å². The van der Waals surface area contributed by atoms with E-state index in [1.54, 1.807) is 0 Å². The van der Waals surface area contributed by atoms with Gasteiger partial charge in [-0.3, -0.25) is 0 Å². The zero-order chi connectivity index (χ0) is 14.8. The first kappa shape index (κ1) is 16.3. The first-order valence-corrected chi connectivity index (χ1v) is 7.08. The van der Waals surface area contributed by atoms with Gasteiger partial charge in [-0.15, -0.1) is 0 Å². The number of nitriles is 1. The quantitative estimate of drug-likeness (QED) is 0.680. The fourth-order valence-electron chi connectivity index (χ4n) is 1.65. The summed E-state index contributed by atoms with van der Waals surface area (Å²) in [6, 6.07) is 9.87. The van der Waals surface area contributed by atoms with Crippen LogP contribution in [0.5, 0.6) is 5.75 Å². The van der Waals surface area contributed by atoms with E-state index in [0.29, 0.717) is 13.0 Å². The minimum absolute atomic E-state index is 0.107. The Balaban J connectivity index is 2.49. The van der Waals surface area contributed by atoms with Crippen molar-refractivity contribution in [3.8, 4) is 11.8 Å². The highest BCUT2D eigenvalue weighted by Crippen LogP contribution is 2.23. The van der Waals surface area contributed by atoms with Crippen LogP contribution in [0, 0.1) is 16.7 Å². The fraction of sp³-hybridized carbons (Fsp3) is 0.562. The van der Waals surface area contributed by atoms with Crippen molar-refractivity contribution in [1.29, 1.82) is 5.26 Å². The molecule has 0 aliphatic heterocycles. The average Bonchev–Trinajstić information content (AvgIpc) is 2.50. The number of nitrogens with zero attached hydrogens (tertiary/aromatic N) is 1. The summed E-state index contributed by atoms with van der Waals surface area (Å²) in [5.41, 5.74) is 0.875. The second-order valence-corrected chi connectivity index (χ2v) is 5.31. The molecule has 1 rings (SSSR count). The molecule has 0 heterocycles. The van der Waals surface area contributed by atoms with E-state index in [0.717, 1.165) is 30.8 Å². The SMILES string of the molecule is CCC(C)(CO)CNc1cccc(OCCCC#N)c1. The summed E-state index contributed by atoms with van der Waals surface area (Å²) in [6.45, 7) is 5.58. The summed E-state index contributed by atoms with van der Waals surface area (Å²) < 4.78 is 5.59. The van der Waals surface area contributed by atoms with Crippen LogP contribution in [-0.4, -0.2) is 24.9 Å². The Kier molecular flexibility index (Phi) is 6.89. The van der Waals surface area contributed by atoms with Crippen molar-refractivity contribution in [3.63, 3.8) is 0 Å². The topological polar surface area (TPSA) is 65.3 Å². The molecule has 0 saturated carbocycles. The number of hydrogen-bond donors (Lipinski definition) is 2. The predicted molar refractivity (Wildman–Crippen MR) is 80.8 cm³/mol. The maximum absolute atomic E-state index is 9.39. The van der Waals surface area contributed by atoms with Crippen molar-refractivity contribution < 1.29 is 9.84 Å². The largest absolute Gasteiger partial charge is 0.493 e. The average molecular weight is 276 g/mol. The van der Waals surface area contributed by atoms with Crippen molar-refractivity contribution in [2.24, 2.45) is 5.41 Å². The van der Waals surface area contributed by atoms with Gasteiger partial charge in [0, 0.05) is 30.1 Å². The van der Waals surface area contributed by atoms with Gasteiger partial charge in [0.15, 0.2) is 0 Å². The summed E-state index contributed by atoms with van der Waals surface area (Å²) in [5.74, 6) is 0.801. The Labute approximate surface area is 121 Å². The fourth-order valence-corrected chi connectivity index (χ4v) is 1.65. The summed E-state index contributed by atoms with van der Waals surface area (Å²) in [4.78, 5) is 0. The third-order valence-corrected chi connectivity index (χ3v) is 3.49. The molecular weight excluding hydrogens is 252 g/mol. The van der Waals surface area contributed by atoms with Gasteiger partial charge in [0.2, 0.25) is 0 Å². The zero-order valence-corrected chi connectivity index (χ0v) is 12.4. The van der Waals surface area contributed by atoms with Gasteiger partial charge < -0.3 is 15.2 Å². The summed E-state index contributed by atoms with van der Waals surface area (Å²) in [7, 11) is 0. The number of rotatable bonds is 9. The molecule has 1 aromatic carbocycles. The van der Waals surface area contributed by atoms with Crippen molar-refractivity contribution in [1.82, 2.24) is 0 Å². The maximum Gasteiger partial charge on any atom is 0.121 e. The molecule has 0 bridgehead atoms. The van der Waals surface area contributed by atoms with Gasteiger partial charge in [0.25, 0.3) is 0 Å². The highest BCUT2D eigenvalue weighted by Gasteiger charge is 2.20. The number of anilines is 1. The lowest BCUT2D eigenvalue weighted by atomic mass is 9.88. The molecule has 0 fully saturated rings. The first-order valence-electron chi connectivity index (χ1n) is 7.08. The van der Waals surface area contributed by atoms with Crippen LogP contribution in [0.25, 0.3) is 0 Å². The van der Waals surface area contributed by atoms with Crippen LogP contribution in [0.15, 0.2) is 24.3 Å². The third-order valence-electron chi connectivity index (χ3n) is 3.49. The molecule has 0 saturated heterocycles. The minimum atomic E-state index is -0.107. The van der Waals surface area contributed by atoms with Gasteiger partial charge in [-0.2, -0.15) is 5.26 Å². The first-order chi connectivity index (χ1) is 9.63. The van der Waals surface area contributed by atoms with Crippen LogP contribution in [0.3, 0.4) is 0 Å². The summed E-state index contributed by atoms with van der Waals surface area (Å²) in [5, 5.41) is 21.2. The molecule has 4 heteroatoms. The van der Waals surface area contributed by atoms with E-state index < -0.39 is 0 Å². The van der Waals surface area contributed by atoms with Crippen LogP contribution < -0.4 is 10.1 Å². The molecule has 0 aliphatic rings. The molecule has 20 heavy (non-hydrogen) atoms. The van der Waals surface area contributed by atoms with Gasteiger partial charge in [-0.1, -0.05) is 19.9 Å². The van der Waals surface area contributed by atoms with E-state index >= 15 is 0 Å². The van der Waals surface area contributed by atoms with E-state index in [2.05, 4.69) is 25.2 Å². The number of unbranched alkanes of at least 4 members (excludes halogenated alkanes) is 1. The Morgan fingerprint density at radius 2 is 2.25 bits per heavy atom. The number of benzene rings is 1. The van der Waals surface area contributed by atoms with E-state index in [4.69, 9.17) is 10.00 Å². The Morgan fingerprint density at radius 1 is 1.45 bits per heavy atom. The lowest BCUT2D eigenvalue weighted by Crippen LogP contribution is -2.29. The molecule has 0 spiro atoms. The second kappa shape index (κ2) is 8.44. The van der Waals surface area contributed by atoms with Crippen molar-refractivity contribution >= 4 is 5.69 Å². The van der Waals surface area contributed by atoms with E-state index in [-0.39, 0.29) is 12.0 Å². The number of aliphatic hydroxyl groups excluding tert-OH is 1. The molecule has 1 unspecified atom stereocenters. The van der Waals surface area contributed by atoms with Crippen LogP contribution in [0.4, 0.5) is 5.69 Å². The molecule has 110 valence electrons. The predicted octanol–water partition coefficient (Wildman–Crippen LogP) is 3.19. The second-order valence-electron chi connectivity index (χ2n) is 5.31. The molecule has 1 atom stereocenters. The van der Waals surface area contributed by atoms with Gasteiger partial charge in [0.1, 0.15) is 5.75 Å². The zero-order valence-electron chi connectivity index (χ0n) is 12.4. The molecule has 0 aromatic heterocycles. The smallest absolute Gasteiger partial charge is 0.121 e. The van der Waals surface area contributed by atoms with Crippen molar-refractivity contribution in [2.45, 2.75) is 33.1 Å². The van der Waals surface area contributed by atoms with Crippen LogP contribution in [-0.2, 0) is 0 Å². The Bertz CT molecular complexity index is 436. The van der Waals surface area contributed by atoms with Gasteiger partial charge >= 0.3 is 0 Å². The normalized spacial score (nSPS) is 13.3. The lowest BCUT2D eigenvalue weighted by molar-refractivity contribution is 0.149. The molecule has 2 N–H and O–H groups in total. The summed E-state index contributed by atoms with van der Waals surface area (Å²) in [6.07, 6.45) is 2.18. The van der Waals surface area contributed by atoms with Gasteiger partial charge in [-0.05, 0) is 25.0 Å². The molecule has 0 radical (unpaired) electrons. The van der Waals surface area contributed by atoms with Crippen LogP contribution in [0.1, 0.15) is 33.1 Å². The number of hydrogen-bond acceptors (Lipinski definition) is 4. The highest BCUT2D eigenvalue weighted by molar-refractivity contribution is 5.48. The highest BCUT2D eigenvalue weighted by atomic mass is 16.5. The summed E-state index contributed by atoms with van der Waals surface area (Å²) >= 11 is 0. The van der Waals surface area contributed by atoms with E-state index in [1.165, 1.54) is 0 Å². The Hall–Kier alpha value is -1.73. The Morgan fingerprint density at radius 3 is 2.90 bits per heavy atom. The van der Waals surface area contributed by atoms with Crippen molar-refractivity contribution in [3.05, 3.63) is 24.3 Å². The molecule has 0 aliphatic carbocycles. The third kappa shape index (κ3) is 5.50. The van der Waals surface area contributed by atoms with E-state index in [9.17, 15) is 5.11 Å². The molecule has 4 nitrogen and oxygen atoms in total. The monoisotopic (exact) mass is 276 g/mol. The lowest BCUT2D eigenvalue weighted by Gasteiger charge is -2.26. The maximum atomic E-state index is 9.39. The number of aliphatic hydroxyl groups is 1. The van der Waals surface area contributed by atoms with Crippen molar-refractivity contribution in [2.75, 3.05) is 25.1 Å². The van der Waals surface area contributed by atoms with Gasteiger partial charge in [0.05, 0.1) is 19.3 Å². The number of nitrogens with one attached hydrogen (secondary N) is 1. The standard InChI is InChI=1S/C16H24N2O2/c1-3-16(2,13-19)12-18-14-7-6-8-15(11-14)20-10-5-4-9-17/h6-8,11,18-19H,3-5,10,12-13H2,1-2H3. The molecular formula is C16H24N2O2. The van der Waals surface area contributed by atoms with Gasteiger partial charge in [-0.25, -0.2) is 0 Å².